The van der Waals surface area contributed by atoms with Crippen molar-refractivity contribution in [2.45, 2.75) is 45.8 Å². The lowest BCUT2D eigenvalue weighted by Crippen LogP contribution is -2.52. The lowest BCUT2D eigenvalue weighted by atomic mass is 9.88. The van der Waals surface area contributed by atoms with Crippen molar-refractivity contribution in [3.63, 3.8) is 0 Å². The molecule has 0 amide bonds. The molecule has 1 fully saturated rings. The van der Waals surface area contributed by atoms with E-state index in [2.05, 4.69) is 35.0 Å². The highest BCUT2D eigenvalue weighted by atomic mass is 19.1. The van der Waals surface area contributed by atoms with Gasteiger partial charge in [0.15, 0.2) is 11.9 Å². The molecular formula is C28H30F2N4O2. The van der Waals surface area contributed by atoms with Crippen LogP contribution in [0, 0.1) is 24.5 Å². The van der Waals surface area contributed by atoms with Gasteiger partial charge < -0.3 is 19.0 Å². The van der Waals surface area contributed by atoms with Crippen molar-refractivity contribution >= 4 is 11.9 Å². The molecule has 2 aliphatic heterocycles. The van der Waals surface area contributed by atoms with Gasteiger partial charge in [0.25, 0.3) is 0 Å². The number of nitrogens with zero attached hydrogens (tertiary/aromatic N) is 4. The number of amidine groups is 1. The standard InChI is InChI=1S/C28H30F2N4O2/c1-17(2)26-27(21-12-22(29)14-23(30)13-21)36-32-28-20(6-5-9-34(26)28)10-19-7-8-24(25(11-19)35-4)33-15-18(3)31-16-33/h7-8,10-17,26-27H,5-6,9H2,1-4H3/t26-,27?/m0/s1. The van der Waals surface area contributed by atoms with Crippen molar-refractivity contribution in [2.24, 2.45) is 11.1 Å². The number of imidazole rings is 1. The molecule has 1 unspecified atom stereocenters. The van der Waals surface area contributed by atoms with Crippen LogP contribution in [0.25, 0.3) is 11.8 Å². The van der Waals surface area contributed by atoms with Crippen molar-refractivity contribution in [2.75, 3.05) is 13.7 Å². The van der Waals surface area contributed by atoms with Gasteiger partial charge in [0.2, 0.25) is 0 Å². The quantitative estimate of drug-likeness (QED) is 0.435. The zero-order valence-electron chi connectivity index (χ0n) is 20.9. The molecule has 0 spiro atoms. The largest absolute Gasteiger partial charge is 0.495 e. The van der Waals surface area contributed by atoms with E-state index >= 15 is 0 Å². The molecule has 1 saturated heterocycles. The van der Waals surface area contributed by atoms with E-state index in [9.17, 15) is 8.78 Å². The molecule has 3 aromatic rings. The molecule has 5 rings (SSSR count). The molecular weight excluding hydrogens is 462 g/mol. The smallest absolute Gasteiger partial charge is 0.173 e. The summed E-state index contributed by atoms with van der Waals surface area (Å²) in [5, 5.41) is 4.48. The van der Waals surface area contributed by atoms with Gasteiger partial charge in [-0.15, -0.1) is 0 Å². The second-order valence-electron chi connectivity index (χ2n) is 9.70. The Balaban J connectivity index is 1.49. The van der Waals surface area contributed by atoms with Gasteiger partial charge in [0.05, 0.1) is 30.9 Å². The number of piperidine rings is 1. The van der Waals surface area contributed by atoms with E-state index in [-0.39, 0.29) is 12.0 Å². The Labute approximate surface area is 209 Å². The van der Waals surface area contributed by atoms with E-state index in [1.807, 2.05) is 35.9 Å². The number of halogens is 2. The first kappa shape index (κ1) is 24.0. The van der Waals surface area contributed by atoms with Crippen LogP contribution in [0.3, 0.4) is 0 Å². The maximum atomic E-state index is 14.0. The van der Waals surface area contributed by atoms with E-state index < -0.39 is 17.7 Å². The highest BCUT2D eigenvalue weighted by Crippen LogP contribution is 2.38. The third-order valence-electron chi connectivity index (χ3n) is 6.76. The Kier molecular flexibility index (Phi) is 6.51. The number of aromatic nitrogens is 2. The third-order valence-corrected chi connectivity index (χ3v) is 6.76. The second-order valence-corrected chi connectivity index (χ2v) is 9.70. The number of benzene rings is 2. The summed E-state index contributed by atoms with van der Waals surface area (Å²) in [6, 6.07) is 9.49. The zero-order valence-corrected chi connectivity index (χ0v) is 20.9. The fraction of sp³-hybridized carbons (Fsp3) is 0.357. The van der Waals surface area contributed by atoms with Crippen LogP contribution >= 0.6 is 0 Å². The van der Waals surface area contributed by atoms with Crippen LogP contribution in [-0.2, 0) is 4.84 Å². The zero-order chi connectivity index (χ0) is 25.4. The van der Waals surface area contributed by atoms with E-state index in [1.165, 1.54) is 12.1 Å². The summed E-state index contributed by atoms with van der Waals surface area (Å²) in [4.78, 5) is 12.5. The fourth-order valence-electron chi connectivity index (χ4n) is 5.17. The van der Waals surface area contributed by atoms with Crippen LogP contribution < -0.4 is 4.74 Å². The number of hydrogen-bond acceptors (Lipinski definition) is 5. The lowest BCUT2D eigenvalue weighted by Gasteiger charge is -2.45. The van der Waals surface area contributed by atoms with E-state index in [0.717, 1.165) is 59.6 Å². The minimum atomic E-state index is -0.617. The maximum Gasteiger partial charge on any atom is 0.173 e. The molecule has 2 aliphatic rings. The Bertz CT molecular complexity index is 1310. The Hall–Kier alpha value is -3.68. The average molecular weight is 493 g/mol. The summed E-state index contributed by atoms with van der Waals surface area (Å²) in [5.41, 5.74) is 4.35. The Morgan fingerprint density at radius 1 is 1.14 bits per heavy atom. The van der Waals surface area contributed by atoms with Crippen LogP contribution in [0.15, 0.2) is 59.7 Å². The van der Waals surface area contributed by atoms with Crippen molar-refractivity contribution in [3.8, 4) is 11.4 Å². The van der Waals surface area contributed by atoms with Crippen LogP contribution in [0.4, 0.5) is 8.78 Å². The minimum Gasteiger partial charge on any atom is -0.495 e. The first-order chi connectivity index (χ1) is 17.3. The van der Waals surface area contributed by atoms with Crippen molar-refractivity contribution < 1.29 is 18.4 Å². The van der Waals surface area contributed by atoms with Gasteiger partial charge in [-0.25, -0.2) is 13.8 Å². The first-order valence-corrected chi connectivity index (χ1v) is 12.2. The molecule has 0 bridgehead atoms. The van der Waals surface area contributed by atoms with Crippen LogP contribution in [0.5, 0.6) is 5.75 Å². The molecule has 8 heteroatoms. The topological polar surface area (TPSA) is 51.9 Å². The Morgan fingerprint density at radius 2 is 1.92 bits per heavy atom. The monoisotopic (exact) mass is 492 g/mol. The first-order valence-electron chi connectivity index (χ1n) is 12.2. The number of hydrogen-bond donors (Lipinski definition) is 0. The van der Waals surface area contributed by atoms with Gasteiger partial charge in [-0.05, 0) is 67.2 Å². The SMILES string of the molecule is COc1cc(C=C2CCCN3C2=NOC(c2cc(F)cc(F)c2)[C@@H]3C(C)C)ccc1-n1cnc(C)c1. The molecule has 0 saturated carbocycles. The summed E-state index contributed by atoms with van der Waals surface area (Å²) in [7, 11) is 1.66. The summed E-state index contributed by atoms with van der Waals surface area (Å²) in [6.45, 7) is 6.94. The molecule has 0 N–H and O–H groups in total. The van der Waals surface area contributed by atoms with Gasteiger partial charge >= 0.3 is 0 Å². The predicted octanol–water partition coefficient (Wildman–Crippen LogP) is 6.06. The fourth-order valence-corrected chi connectivity index (χ4v) is 5.17. The summed E-state index contributed by atoms with van der Waals surface area (Å²) < 4.78 is 35.6. The number of methoxy groups -OCH3 is 1. The lowest BCUT2D eigenvalue weighted by molar-refractivity contribution is -0.0374. The molecule has 188 valence electrons. The van der Waals surface area contributed by atoms with Crippen molar-refractivity contribution in [1.82, 2.24) is 14.5 Å². The molecule has 1 aromatic heterocycles. The van der Waals surface area contributed by atoms with Crippen LogP contribution in [-0.4, -0.2) is 40.0 Å². The predicted molar refractivity (Wildman–Crippen MR) is 135 cm³/mol. The maximum absolute atomic E-state index is 14.0. The van der Waals surface area contributed by atoms with E-state index in [0.29, 0.717) is 5.56 Å². The van der Waals surface area contributed by atoms with Crippen LogP contribution in [0.2, 0.25) is 0 Å². The van der Waals surface area contributed by atoms with Crippen molar-refractivity contribution in [3.05, 3.63) is 83.0 Å². The third kappa shape index (κ3) is 4.59. The number of fused-ring (bicyclic) bond motifs is 1. The Morgan fingerprint density at radius 3 is 2.58 bits per heavy atom. The van der Waals surface area contributed by atoms with Gasteiger partial charge in [0, 0.05) is 24.4 Å². The number of oxime groups is 1. The van der Waals surface area contributed by atoms with Gasteiger partial charge in [0.1, 0.15) is 17.4 Å². The van der Waals surface area contributed by atoms with Crippen LogP contribution in [0.1, 0.15) is 49.6 Å². The molecule has 36 heavy (non-hydrogen) atoms. The molecule has 3 heterocycles. The number of aryl methyl sites for hydroxylation is 1. The van der Waals surface area contributed by atoms with Gasteiger partial charge in [-0.1, -0.05) is 25.1 Å². The summed E-state index contributed by atoms with van der Waals surface area (Å²) >= 11 is 0. The molecule has 6 nitrogen and oxygen atoms in total. The van der Waals surface area contributed by atoms with Gasteiger partial charge in [-0.2, -0.15) is 0 Å². The summed E-state index contributed by atoms with van der Waals surface area (Å²) in [6.07, 6.45) is 7.08. The van der Waals surface area contributed by atoms with E-state index in [4.69, 9.17) is 9.57 Å². The molecule has 2 atom stereocenters. The number of ether oxygens (including phenoxy) is 1. The molecule has 0 radical (unpaired) electrons. The molecule has 2 aromatic carbocycles. The minimum absolute atomic E-state index is 0.108. The average Bonchev–Trinajstić information content (AvgIpc) is 3.28. The van der Waals surface area contributed by atoms with Gasteiger partial charge in [-0.3, -0.25) is 0 Å². The number of rotatable bonds is 5. The van der Waals surface area contributed by atoms with Crippen molar-refractivity contribution in [1.29, 1.82) is 0 Å². The summed E-state index contributed by atoms with van der Waals surface area (Å²) in [5.74, 6) is 0.455. The highest BCUT2D eigenvalue weighted by molar-refractivity contribution is 6.03. The normalized spacial score (nSPS) is 20.8. The van der Waals surface area contributed by atoms with E-state index in [1.54, 1.807) is 13.4 Å². The second kappa shape index (κ2) is 9.76. The molecule has 0 aliphatic carbocycles. The highest BCUT2D eigenvalue weighted by Gasteiger charge is 2.41.